The van der Waals surface area contributed by atoms with Gasteiger partial charge in [-0.15, -0.1) is 0 Å². The number of Topliss-reactive ketones (excluding diaryl/α,β-unsaturated/α-hetero) is 1. The lowest BCUT2D eigenvalue weighted by atomic mass is 9.96. The summed E-state index contributed by atoms with van der Waals surface area (Å²) in [6.45, 7) is 2.09. The number of benzene rings is 1. The van der Waals surface area contributed by atoms with E-state index in [9.17, 15) is 17.6 Å². The smallest absolute Gasteiger partial charge is 0.244 e. The van der Waals surface area contributed by atoms with Crippen molar-refractivity contribution in [3.05, 3.63) is 29.0 Å². The van der Waals surface area contributed by atoms with Crippen LogP contribution in [0.15, 0.2) is 23.1 Å². The van der Waals surface area contributed by atoms with E-state index in [1.807, 2.05) is 6.92 Å². The summed E-state index contributed by atoms with van der Waals surface area (Å²) in [7, 11) is -3.87. The van der Waals surface area contributed by atoms with Crippen LogP contribution in [0.1, 0.15) is 19.8 Å². The molecule has 7 heteroatoms. The lowest BCUT2D eigenvalue weighted by molar-refractivity contribution is -0.125. The fraction of sp³-hybridized carbons (Fsp3) is 0.462. The molecule has 1 unspecified atom stereocenters. The Labute approximate surface area is 122 Å². The number of hydrogen-bond donors (Lipinski definition) is 0. The number of carbonyl (C=O) groups is 1. The van der Waals surface area contributed by atoms with Gasteiger partial charge >= 0.3 is 0 Å². The Bertz CT molecular complexity index is 633. The highest BCUT2D eigenvalue weighted by atomic mass is 35.5. The number of hydrogen-bond acceptors (Lipinski definition) is 3. The third-order valence-corrected chi connectivity index (χ3v) is 5.84. The first-order valence-electron chi connectivity index (χ1n) is 6.34. The quantitative estimate of drug-likeness (QED) is 0.860. The van der Waals surface area contributed by atoms with Gasteiger partial charge in [-0.3, -0.25) is 4.79 Å². The zero-order chi connectivity index (χ0) is 14.9. The summed E-state index contributed by atoms with van der Waals surface area (Å²) in [5, 5.41) is -0.0173. The van der Waals surface area contributed by atoms with Gasteiger partial charge in [0.1, 0.15) is 16.5 Å². The minimum atomic E-state index is -3.87. The number of sulfonamides is 1. The number of rotatable bonds is 3. The normalized spacial score (nSPS) is 21.1. The number of nitrogens with zero attached hydrogens (tertiary/aromatic N) is 1. The van der Waals surface area contributed by atoms with Crippen LogP contribution >= 0.6 is 11.6 Å². The van der Waals surface area contributed by atoms with Crippen LogP contribution in [0.25, 0.3) is 0 Å². The standard InChI is InChI=1S/C13H15ClFNO3S/c1-2-9-8-16(6-5-12(9)17)20(18,19)13-7-10(15)3-4-11(13)14/h3-4,7,9H,2,5-6,8H2,1H3. The second-order valence-corrected chi connectivity index (χ2v) is 7.07. The van der Waals surface area contributed by atoms with Crippen LogP contribution in [0.4, 0.5) is 4.39 Å². The van der Waals surface area contributed by atoms with Crippen molar-refractivity contribution in [2.75, 3.05) is 13.1 Å². The summed E-state index contributed by atoms with van der Waals surface area (Å²) in [4.78, 5) is 11.4. The van der Waals surface area contributed by atoms with Gasteiger partial charge in [0, 0.05) is 25.4 Å². The molecule has 4 nitrogen and oxygen atoms in total. The van der Waals surface area contributed by atoms with Gasteiger partial charge in [0.05, 0.1) is 5.02 Å². The molecule has 1 heterocycles. The van der Waals surface area contributed by atoms with Crippen molar-refractivity contribution in [2.24, 2.45) is 5.92 Å². The molecule has 110 valence electrons. The molecule has 20 heavy (non-hydrogen) atoms. The van der Waals surface area contributed by atoms with Crippen LogP contribution in [-0.4, -0.2) is 31.6 Å². The van der Waals surface area contributed by atoms with Gasteiger partial charge in [0.2, 0.25) is 10.0 Å². The Morgan fingerprint density at radius 3 is 2.80 bits per heavy atom. The molecule has 1 aromatic carbocycles. The molecule has 1 saturated heterocycles. The van der Waals surface area contributed by atoms with E-state index in [2.05, 4.69) is 0 Å². The molecule has 1 atom stereocenters. The van der Waals surface area contributed by atoms with Crippen LogP contribution in [0.2, 0.25) is 5.02 Å². The van der Waals surface area contributed by atoms with Crippen LogP contribution in [0, 0.1) is 11.7 Å². The van der Waals surface area contributed by atoms with Gasteiger partial charge in [0.25, 0.3) is 0 Å². The van der Waals surface area contributed by atoms with Crippen molar-refractivity contribution in [2.45, 2.75) is 24.7 Å². The molecule has 2 rings (SSSR count). The predicted molar refractivity (Wildman–Crippen MR) is 73.6 cm³/mol. The Kier molecular flexibility index (Phi) is 4.46. The van der Waals surface area contributed by atoms with Crippen molar-refractivity contribution < 1.29 is 17.6 Å². The van der Waals surface area contributed by atoms with E-state index < -0.39 is 15.8 Å². The minimum absolute atomic E-state index is 0.0173. The van der Waals surface area contributed by atoms with E-state index in [0.29, 0.717) is 6.42 Å². The first-order valence-corrected chi connectivity index (χ1v) is 8.16. The number of ketones is 1. The van der Waals surface area contributed by atoms with E-state index in [0.717, 1.165) is 12.1 Å². The first-order chi connectivity index (χ1) is 9.36. The van der Waals surface area contributed by atoms with Gasteiger partial charge in [-0.05, 0) is 24.6 Å². The molecule has 0 saturated carbocycles. The largest absolute Gasteiger partial charge is 0.299 e. The maximum atomic E-state index is 13.3. The van der Waals surface area contributed by atoms with Gasteiger partial charge < -0.3 is 0 Å². The van der Waals surface area contributed by atoms with Crippen molar-refractivity contribution in [3.8, 4) is 0 Å². The van der Waals surface area contributed by atoms with E-state index in [1.54, 1.807) is 0 Å². The van der Waals surface area contributed by atoms with Crippen LogP contribution in [-0.2, 0) is 14.8 Å². The second kappa shape index (κ2) is 5.79. The molecule has 0 N–H and O–H groups in total. The maximum absolute atomic E-state index is 13.3. The van der Waals surface area contributed by atoms with Gasteiger partial charge in [-0.25, -0.2) is 12.8 Å². The third kappa shape index (κ3) is 2.87. The van der Waals surface area contributed by atoms with Gasteiger partial charge in [-0.1, -0.05) is 18.5 Å². The fourth-order valence-electron chi connectivity index (χ4n) is 2.27. The topological polar surface area (TPSA) is 54.5 Å². The van der Waals surface area contributed by atoms with Crippen LogP contribution in [0.5, 0.6) is 0 Å². The molecule has 0 bridgehead atoms. The molecule has 1 aromatic rings. The molecule has 0 spiro atoms. The number of carbonyl (C=O) groups excluding carboxylic acids is 1. The summed E-state index contributed by atoms with van der Waals surface area (Å²) in [5.41, 5.74) is 0. The molecule has 1 fully saturated rings. The molecule has 0 radical (unpaired) electrons. The van der Waals surface area contributed by atoms with Crippen LogP contribution in [0.3, 0.4) is 0 Å². The molecule has 0 aromatic heterocycles. The fourth-order valence-corrected chi connectivity index (χ4v) is 4.24. The van der Waals surface area contributed by atoms with Gasteiger partial charge in [0.15, 0.2) is 0 Å². The van der Waals surface area contributed by atoms with E-state index >= 15 is 0 Å². The summed E-state index contributed by atoms with van der Waals surface area (Å²) < 4.78 is 39.4. The van der Waals surface area contributed by atoms with Crippen LogP contribution < -0.4 is 0 Å². The highest BCUT2D eigenvalue weighted by Crippen LogP contribution is 2.28. The van der Waals surface area contributed by atoms with E-state index in [1.165, 1.54) is 10.4 Å². The van der Waals surface area contributed by atoms with Crippen molar-refractivity contribution in [1.82, 2.24) is 4.31 Å². The lowest BCUT2D eigenvalue weighted by Gasteiger charge is -2.30. The highest BCUT2D eigenvalue weighted by Gasteiger charge is 2.34. The Hall–Kier alpha value is -0.980. The van der Waals surface area contributed by atoms with Gasteiger partial charge in [-0.2, -0.15) is 4.31 Å². The average Bonchev–Trinajstić information content (AvgIpc) is 2.41. The Morgan fingerprint density at radius 2 is 2.15 bits per heavy atom. The zero-order valence-electron chi connectivity index (χ0n) is 11.0. The summed E-state index contributed by atoms with van der Waals surface area (Å²) in [6.07, 6.45) is 0.770. The molecular formula is C13H15ClFNO3S. The van der Waals surface area contributed by atoms with Crippen molar-refractivity contribution >= 4 is 27.4 Å². The van der Waals surface area contributed by atoms with E-state index in [-0.39, 0.29) is 41.1 Å². The molecular weight excluding hydrogens is 305 g/mol. The molecule has 0 aliphatic carbocycles. The molecule has 1 aliphatic rings. The van der Waals surface area contributed by atoms with E-state index in [4.69, 9.17) is 11.6 Å². The third-order valence-electron chi connectivity index (χ3n) is 3.49. The predicted octanol–water partition coefficient (Wildman–Crippen LogP) is 2.47. The maximum Gasteiger partial charge on any atom is 0.244 e. The highest BCUT2D eigenvalue weighted by molar-refractivity contribution is 7.89. The second-order valence-electron chi connectivity index (χ2n) is 4.76. The summed E-state index contributed by atoms with van der Waals surface area (Å²) in [5.74, 6) is -0.886. The van der Waals surface area contributed by atoms with Crippen molar-refractivity contribution in [3.63, 3.8) is 0 Å². The Balaban J connectivity index is 2.35. The minimum Gasteiger partial charge on any atom is -0.299 e. The first kappa shape index (κ1) is 15.4. The molecule has 0 amide bonds. The SMILES string of the molecule is CCC1CN(S(=O)(=O)c2cc(F)ccc2Cl)CCC1=O. The monoisotopic (exact) mass is 319 g/mol. The summed E-state index contributed by atoms with van der Waals surface area (Å²) >= 11 is 5.86. The Morgan fingerprint density at radius 1 is 1.45 bits per heavy atom. The summed E-state index contributed by atoms with van der Waals surface area (Å²) in [6, 6.07) is 3.24. The zero-order valence-corrected chi connectivity index (χ0v) is 12.5. The number of halogens is 2. The lowest BCUT2D eigenvalue weighted by Crippen LogP contribution is -2.43. The number of piperidine rings is 1. The average molecular weight is 320 g/mol. The van der Waals surface area contributed by atoms with Crippen molar-refractivity contribution in [1.29, 1.82) is 0 Å². The molecule has 1 aliphatic heterocycles.